The van der Waals surface area contributed by atoms with E-state index >= 15 is 0 Å². The van der Waals surface area contributed by atoms with Gasteiger partial charge in [0, 0.05) is 43.5 Å². The van der Waals surface area contributed by atoms with Gasteiger partial charge >= 0.3 is 6.03 Å². The zero-order valence-electron chi connectivity index (χ0n) is 16.6. The average Bonchev–Trinajstić information content (AvgIpc) is 2.74. The van der Waals surface area contributed by atoms with Gasteiger partial charge in [-0.3, -0.25) is 9.59 Å². The first kappa shape index (κ1) is 20.6. The largest absolute Gasteiger partial charge is 0.342 e. The molecule has 29 heavy (non-hydrogen) atoms. The van der Waals surface area contributed by atoms with Crippen LogP contribution < -0.4 is 16.2 Å². The molecule has 3 rings (SSSR count). The van der Waals surface area contributed by atoms with Crippen LogP contribution in [0.15, 0.2) is 41.3 Å². The van der Waals surface area contributed by atoms with E-state index in [1.54, 1.807) is 12.1 Å². The maximum atomic E-state index is 12.6. The monoisotopic (exact) mass is 397 g/mol. The number of amides is 3. The molecular weight excluding hydrogens is 370 g/mol. The number of aromatic nitrogens is 2. The highest BCUT2D eigenvalue weighted by atomic mass is 16.2. The molecule has 8 nitrogen and oxygen atoms in total. The van der Waals surface area contributed by atoms with Crippen molar-refractivity contribution in [1.29, 1.82) is 0 Å². The Labute approximate surface area is 169 Å². The van der Waals surface area contributed by atoms with Crippen LogP contribution in [0.4, 0.5) is 10.5 Å². The molecule has 0 spiro atoms. The molecule has 1 fully saturated rings. The molecule has 0 saturated carbocycles. The summed E-state index contributed by atoms with van der Waals surface area (Å²) in [7, 11) is 0. The molecule has 2 aromatic rings. The second-order valence-corrected chi connectivity index (χ2v) is 7.23. The summed E-state index contributed by atoms with van der Waals surface area (Å²) in [5.41, 5.74) is 1.46. The second-order valence-electron chi connectivity index (χ2n) is 7.23. The number of nitrogens with zero attached hydrogens (tertiary/aromatic N) is 2. The van der Waals surface area contributed by atoms with Gasteiger partial charge in [0.15, 0.2) is 0 Å². The molecule has 0 radical (unpaired) electrons. The number of anilines is 1. The standard InChI is InChI=1S/C21H27N5O3/c1-2-10-23-21(29)24-17-5-3-15(4-6-17)14-19(28)26-12-8-16(9-13-26)20-22-11-7-18(27)25-20/h3-7,11,16H,2,8-10,12-14H2,1H3,(H,22,25,27)(H2,23,24,29). The number of rotatable bonds is 6. The van der Waals surface area contributed by atoms with Crippen LogP contribution in [0.2, 0.25) is 0 Å². The Morgan fingerprint density at radius 2 is 1.90 bits per heavy atom. The Balaban J connectivity index is 1.48. The molecule has 0 atom stereocenters. The van der Waals surface area contributed by atoms with Gasteiger partial charge < -0.3 is 20.5 Å². The highest BCUT2D eigenvalue weighted by molar-refractivity contribution is 5.89. The van der Waals surface area contributed by atoms with Gasteiger partial charge in [-0.15, -0.1) is 0 Å². The summed E-state index contributed by atoms with van der Waals surface area (Å²) < 4.78 is 0. The summed E-state index contributed by atoms with van der Waals surface area (Å²) in [5, 5.41) is 5.52. The van der Waals surface area contributed by atoms with Crippen molar-refractivity contribution in [3.63, 3.8) is 0 Å². The molecule has 0 aliphatic carbocycles. The maximum Gasteiger partial charge on any atom is 0.319 e. The number of H-pyrrole nitrogens is 1. The number of benzene rings is 1. The van der Waals surface area contributed by atoms with Crippen LogP contribution in [-0.2, 0) is 11.2 Å². The molecule has 1 aliphatic heterocycles. The van der Waals surface area contributed by atoms with Crippen molar-refractivity contribution >= 4 is 17.6 Å². The van der Waals surface area contributed by atoms with Crippen molar-refractivity contribution < 1.29 is 9.59 Å². The third-order valence-electron chi connectivity index (χ3n) is 5.03. The van der Waals surface area contributed by atoms with Crippen LogP contribution in [0.1, 0.15) is 43.5 Å². The van der Waals surface area contributed by atoms with Crippen LogP contribution in [-0.4, -0.2) is 46.4 Å². The smallest absolute Gasteiger partial charge is 0.319 e. The lowest BCUT2D eigenvalue weighted by atomic mass is 9.95. The summed E-state index contributed by atoms with van der Waals surface area (Å²) in [5.74, 6) is 0.965. The van der Waals surface area contributed by atoms with E-state index in [0.29, 0.717) is 37.6 Å². The second kappa shape index (κ2) is 9.86. The predicted octanol–water partition coefficient (Wildman–Crippen LogP) is 2.25. The van der Waals surface area contributed by atoms with E-state index in [2.05, 4.69) is 20.6 Å². The van der Waals surface area contributed by atoms with E-state index in [0.717, 1.165) is 24.8 Å². The van der Waals surface area contributed by atoms with Crippen molar-refractivity contribution in [1.82, 2.24) is 20.2 Å². The van der Waals surface area contributed by atoms with Crippen LogP contribution >= 0.6 is 0 Å². The minimum atomic E-state index is -0.229. The summed E-state index contributed by atoms with van der Waals surface area (Å²) in [6, 6.07) is 8.50. The Morgan fingerprint density at radius 3 is 2.55 bits per heavy atom. The summed E-state index contributed by atoms with van der Waals surface area (Å²) in [6.45, 7) is 3.93. The van der Waals surface area contributed by atoms with Crippen LogP contribution in [0.25, 0.3) is 0 Å². The number of piperidine rings is 1. The van der Waals surface area contributed by atoms with Gasteiger partial charge in [-0.1, -0.05) is 19.1 Å². The Morgan fingerprint density at radius 1 is 1.17 bits per heavy atom. The first-order chi connectivity index (χ1) is 14.0. The summed E-state index contributed by atoms with van der Waals surface area (Å²) >= 11 is 0. The molecule has 154 valence electrons. The fraction of sp³-hybridized carbons (Fsp3) is 0.429. The molecular formula is C21H27N5O3. The molecule has 3 N–H and O–H groups in total. The fourth-order valence-electron chi connectivity index (χ4n) is 3.40. The number of aromatic amines is 1. The highest BCUT2D eigenvalue weighted by Gasteiger charge is 2.25. The minimum Gasteiger partial charge on any atom is -0.342 e. The number of hydrogen-bond donors (Lipinski definition) is 3. The van der Waals surface area contributed by atoms with E-state index in [-0.39, 0.29) is 23.4 Å². The lowest BCUT2D eigenvalue weighted by molar-refractivity contribution is -0.131. The molecule has 1 aromatic heterocycles. The number of carbonyl (C=O) groups excluding carboxylic acids is 2. The topological polar surface area (TPSA) is 107 Å². The van der Waals surface area contributed by atoms with E-state index in [1.165, 1.54) is 12.3 Å². The lowest BCUT2D eigenvalue weighted by Gasteiger charge is -2.31. The van der Waals surface area contributed by atoms with Gasteiger partial charge in [0.2, 0.25) is 5.91 Å². The predicted molar refractivity (Wildman–Crippen MR) is 111 cm³/mol. The van der Waals surface area contributed by atoms with Crippen molar-refractivity contribution in [3.8, 4) is 0 Å². The van der Waals surface area contributed by atoms with Gasteiger partial charge in [0.25, 0.3) is 5.56 Å². The van der Waals surface area contributed by atoms with Crippen molar-refractivity contribution in [2.45, 2.75) is 38.5 Å². The highest BCUT2D eigenvalue weighted by Crippen LogP contribution is 2.25. The first-order valence-electron chi connectivity index (χ1n) is 10.0. The number of urea groups is 1. The quantitative estimate of drug-likeness (QED) is 0.695. The minimum absolute atomic E-state index is 0.0827. The van der Waals surface area contributed by atoms with Gasteiger partial charge in [-0.25, -0.2) is 9.78 Å². The molecule has 0 bridgehead atoms. The number of hydrogen-bond acceptors (Lipinski definition) is 4. The Hall–Kier alpha value is -3.16. The SMILES string of the molecule is CCCNC(=O)Nc1ccc(CC(=O)N2CCC(c3nccc(=O)[nH]3)CC2)cc1. The van der Waals surface area contributed by atoms with E-state index in [4.69, 9.17) is 0 Å². The maximum absolute atomic E-state index is 12.6. The van der Waals surface area contributed by atoms with Gasteiger partial charge in [0.05, 0.1) is 6.42 Å². The average molecular weight is 397 g/mol. The Kier molecular flexibility index (Phi) is 6.99. The lowest BCUT2D eigenvalue weighted by Crippen LogP contribution is -2.39. The van der Waals surface area contributed by atoms with Crippen LogP contribution in [0.3, 0.4) is 0 Å². The normalized spacial score (nSPS) is 14.4. The third kappa shape index (κ3) is 5.91. The van der Waals surface area contributed by atoms with Gasteiger partial charge in [0.1, 0.15) is 5.82 Å². The zero-order chi connectivity index (χ0) is 20.6. The van der Waals surface area contributed by atoms with Crippen molar-refractivity contribution in [3.05, 3.63) is 58.3 Å². The van der Waals surface area contributed by atoms with Crippen molar-refractivity contribution in [2.75, 3.05) is 25.0 Å². The van der Waals surface area contributed by atoms with E-state index in [1.807, 2.05) is 24.0 Å². The number of carbonyl (C=O) groups is 2. The van der Waals surface area contributed by atoms with Crippen LogP contribution in [0, 0.1) is 0 Å². The van der Waals surface area contributed by atoms with Crippen LogP contribution in [0.5, 0.6) is 0 Å². The van der Waals surface area contributed by atoms with E-state index in [9.17, 15) is 14.4 Å². The summed E-state index contributed by atoms with van der Waals surface area (Å²) in [4.78, 5) is 44.7. The number of nitrogens with one attached hydrogen (secondary N) is 3. The number of likely N-dealkylation sites (tertiary alicyclic amines) is 1. The fourth-order valence-corrected chi connectivity index (χ4v) is 3.40. The molecule has 2 heterocycles. The third-order valence-corrected chi connectivity index (χ3v) is 5.03. The summed E-state index contributed by atoms with van der Waals surface area (Å²) in [6.07, 6.45) is 4.30. The first-order valence-corrected chi connectivity index (χ1v) is 10.0. The molecule has 3 amide bonds. The van der Waals surface area contributed by atoms with Crippen molar-refractivity contribution in [2.24, 2.45) is 0 Å². The zero-order valence-corrected chi connectivity index (χ0v) is 16.6. The molecule has 0 unspecified atom stereocenters. The van der Waals surface area contributed by atoms with E-state index < -0.39 is 0 Å². The molecule has 1 aromatic carbocycles. The molecule has 1 aliphatic rings. The van der Waals surface area contributed by atoms with Gasteiger partial charge in [-0.05, 0) is 37.0 Å². The molecule has 8 heteroatoms. The van der Waals surface area contributed by atoms with Gasteiger partial charge in [-0.2, -0.15) is 0 Å². The molecule has 1 saturated heterocycles. The Bertz CT molecular complexity index is 886.